The van der Waals surface area contributed by atoms with Gasteiger partial charge in [0.15, 0.2) is 17.4 Å². The van der Waals surface area contributed by atoms with Crippen LogP contribution in [0.5, 0.6) is 5.75 Å². The molecule has 0 radical (unpaired) electrons. The molecule has 13 heteroatoms. The van der Waals surface area contributed by atoms with Gasteiger partial charge in [-0.15, -0.1) is 0 Å². The van der Waals surface area contributed by atoms with Crippen LogP contribution in [-0.2, 0) is 25.4 Å². The SMILES string of the molecule is CC1=CC(=O)C2=C(C1=O)C(c1cc(Cl)ccc1O)C1=CCC3C(=O)N(N(C)c4nc(C(F)(F)F)ccc4Cl)C(=O)C3C1C2. The molecule has 43 heavy (non-hydrogen) atoms. The number of pyridine rings is 1. The number of phenols is 1. The highest BCUT2D eigenvalue weighted by atomic mass is 35.5. The van der Waals surface area contributed by atoms with Crippen molar-refractivity contribution in [1.82, 2.24) is 9.99 Å². The van der Waals surface area contributed by atoms with Crippen LogP contribution in [0.1, 0.15) is 36.9 Å². The first-order valence-corrected chi connectivity index (χ1v) is 14.0. The van der Waals surface area contributed by atoms with Crippen LogP contribution in [0.3, 0.4) is 0 Å². The monoisotopic (exact) mass is 631 g/mol. The molecule has 1 saturated heterocycles. The lowest BCUT2D eigenvalue weighted by molar-refractivity contribution is -0.141. The number of allylic oxidation sites excluding steroid dienone is 6. The van der Waals surface area contributed by atoms with E-state index in [1.807, 2.05) is 0 Å². The average molecular weight is 632 g/mol. The van der Waals surface area contributed by atoms with E-state index in [1.165, 1.54) is 38.2 Å². The highest BCUT2D eigenvalue weighted by Crippen LogP contribution is 2.56. The number of Topliss-reactive ketones (excluding diaryl/α,β-unsaturated/α-hetero) is 1. The number of fused-ring (bicyclic) bond motifs is 3. The van der Waals surface area contributed by atoms with Gasteiger partial charge in [0.25, 0.3) is 11.8 Å². The maximum Gasteiger partial charge on any atom is 0.433 e. The standard InChI is InChI=1S/C30H22Cl2F3N3O5/c1-12-9-21(40)18-11-16-14(23(25(18)26(12)41)17-10-13(31)3-7-20(17)39)4-5-15-24(16)29(43)38(28(15)42)37(2)27-19(32)6-8-22(36-27)30(33,34)35/h3-4,6-10,15-16,23-24,39H,5,11H2,1-2H3. The number of imide groups is 1. The fraction of sp³-hybridized carbons (Fsp3) is 0.300. The summed E-state index contributed by atoms with van der Waals surface area (Å²) in [5.74, 6) is -6.30. The van der Waals surface area contributed by atoms with E-state index in [0.29, 0.717) is 11.6 Å². The van der Waals surface area contributed by atoms with Gasteiger partial charge in [0, 0.05) is 40.3 Å². The molecule has 0 saturated carbocycles. The molecule has 8 nitrogen and oxygen atoms in total. The van der Waals surface area contributed by atoms with E-state index in [-0.39, 0.29) is 56.7 Å². The lowest BCUT2D eigenvalue weighted by atomic mass is 9.59. The van der Waals surface area contributed by atoms with Crippen molar-refractivity contribution < 1.29 is 37.5 Å². The van der Waals surface area contributed by atoms with Crippen LogP contribution in [-0.4, -0.2) is 45.5 Å². The molecule has 1 N–H and O–H groups in total. The Labute approximate surface area is 253 Å². The number of hydrogen-bond acceptors (Lipinski definition) is 7. The predicted octanol–water partition coefficient (Wildman–Crippen LogP) is 5.59. The Bertz CT molecular complexity index is 1750. The number of aromatic hydroxyl groups is 1. The van der Waals surface area contributed by atoms with Crippen LogP contribution >= 0.6 is 23.2 Å². The van der Waals surface area contributed by atoms with Gasteiger partial charge in [0.05, 0.1) is 16.9 Å². The van der Waals surface area contributed by atoms with Gasteiger partial charge in [-0.05, 0) is 62.1 Å². The van der Waals surface area contributed by atoms with Gasteiger partial charge in [-0.1, -0.05) is 34.9 Å². The number of ketones is 2. The Morgan fingerprint density at radius 1 is 1.05 bits per heavy atom. The number of nitrogens with zero attached hydrogens (tertiary/aromatic N) is 3. The van der Waals surface area contributed by atoms with Gasteiger partial charge < -0.3 is 5.11 Å². The fourth-order valence-electron chi connectivity index (χ4n) is 6.66. The van der Waals surface area contributed by atoms with Crippen LogP contribution in [0, 0.1) is 17.8 Å². The van der Waals surface area contributed by atoms with Crippen LogP contribution in [0.2, 0.25) is 10.0 Å². The number of phenolic OH excluding ortho intramolecular Hbond substituents is 1. The molecule has 2 amide bonds. The number of rotatable bonds is 3. The number of anilines is 1. The molecule has 1 fully saturated rings. The summed E-state index contributed by atoms with van der Waals surface area (Å²) in [4.78, 5) is 58.0. The number of alkyl halides is 3. The topological polar surface area (TPSA) is 108 Å². The molecule has 6 rings (SSSR count). The third-order valence-corrected chi connectivity index (χ3v) is 9.10. The average Bonchev–Trinajstić information content (AvgIpc) is 3.20. The molecule has 0 bridgehead atoms. The van der Waals surface area contributed by atoms with Crippen LogP contribution in [0.25, 0.3) is 0 Å². The Hall–Kier alpha value is -3.96. The minimum absolute atomic E-state index is 0.0202. The second-order valence-electron chi connectivity index (χ2n) is 10.9. The van der Waals surface area contributed by atoms with Crippen molar-refractivity contribution in [3.63, 3.8) is 0 Å². The number of carbonyl (C=O) groups excluding carboxylic acids is 4. The summed E-state index contributed by atoms with van der Waals surface area (Å²) in [6, 6.07) is 6.02. The van der Waals surface area contributed by atoms with E-state index in [1.54, 1.807) is 6.08 Å². The second kappa shape index (κ2) is 10.1. The van der Waals surface area contributed by atoms with Crippen molar-refractivity contribution in [2.75, 3.05) is 12.1 Å². The van der Waals surface area contributed by atoms with Gasteiger partial charge in [0.2, 0.25) is 0 Å². The molecule has 3 aliphatic carbocycles. The molecule has 4 unspecified atom stereocenters. The molecule has 4 atom stereocenters. The first kappa shape index (κ1) is 29.1. The zero-order chi connectivity index (χ0) is 31.1. The lowest BCUT2D eigenvalue weighted by Gasteiger charge is -2.42. The molecule has 0 spiro atoms. The van der Waals surface area contributed by atoms with Crippen molar-refractivity contribution in [2.24, 2.45) is 17.8 Å². The van der Waals surface area contributed by atoms with Crippen LogP contribution in [0.4, 0.5) is 19.0 Å². The molecular formula is C30H22Cl2F3N3O5. The minimum Gasteiger partial charge on any atom is -0.508 e. The van der Waals surface area contributed by atoms with Crippen molar-refractivity contribution in [3.05, 3.63) is 86.1 Å². The summed E-state index contributed by atoms with van der Waals surface area (Å²) in [5.41, 5.74) is 0.198. The first-order valence-electron chi connectivity index (χ1n) is 13.2. The Morgan fingerprint density at radius 2 is 1.77 bits per heavy atom. The van der Waals surface area contributed by atoms with E-state index < -0.39 is 59.0 Å². The minimum atomic E-state index is -4.79. The Kier molecular flexibility index (Phi) is 6.81. The van der Waals surface area contributed by atoms with Crippen molar-refractivity contribution >= 4 is 52.4 Å². The summed E-state index contributed by atoms with van der Waals surface area (Å²) >= 11 is 12.4. The number of amides is 2. The quantitative estimate of drug-likeness (QED) is 0.267. The predicted molar refractivity (Wildman–Crippen MR) is 149 cm³/mol. The van der Waals surface area contributed by atoms with Crippen molar-refractivity contribution in [2.45, 2.75) is 31.9 Å². The molecule has 1 aromatic heterocycles. The van der Waals surface area contributed by atoms with Gasteiger partial charge in [-0.2, -0.15) is 18.2 Å². The molecular weight excluding hydrogens is 610 g/mol. The molecule has 222 valence electrons. The highest BCUT2D eigenvalue weighted by Gasteiger charge is 2.58. The number of aromatic nitrogens is 1. The van der Waals surface area contributed by atoms with Crippen molar-refractivity contribution in [1.29, 1.82) is 0 Å². The normalized spacial score (nSPS) is 25.3. The number of hydrogen-bond donors (Lipinski definition) is 1. The lowest BCUT2D eigenvalue weighted by Crippen LogP contribution is -2.46. The van der Waals surface area contributed by atoms with E-state index in [4.69, 9.17) is 23.2 Å². The van der Waals surface area contributed by atoms with Gasteiger partial charge in [0.1, 0.15) is 11.4 Å². The Morgan fingerprint density at radius 3 is 2.47 bits per heavy atom. The summed E-state index contributed by atoms with van der Waals surface area (Å²) in [7, 11) is 1.22. The third kappa shape index (κ3) is 4.48. The number of carbonyl (C=O) groups is 4. The van der Waals surface area contributed by atoms with Gasteiger partial charge in [-0.25, -0.2) is 4.98 Å². The largest absolute Gasteiger partial charge is 0.508 e. The van der Waals surface area contributed by atoms with Gasteiger partial charge in [-0.3, -0.25) is 24.2 Å². The molecule has 1 aliphatic heterocycles. The summed E-state index contributed by atoms with van der Waals surface area (Å²) in [6.07, 6.45) is -1.76. The molecule has 4 aliphatic rings. The zero-order valence-electron chi connectivity index (χ0n) is 22.6. The van der Waals surface area contributed by atoms with Crippen molar-refractivity contribution in [3.8, 4) is 5.75 Å². The number of halogens is 5. The van der Waals surface area contributed by atoms with E-state index in [0.717, 1.165) is 16.1 Å². The fourth-order valence-corrected chi connectivity index (χ4v) is 7.07. The first-order chi connectivity index (χ1) is 20.2. The smallest absolute Gasteiger partial charge is 0.433 e. The molecule has 2 heterocycles. The molecule has 2 aromatic rings. The van der Waals surface area contributed by atoms with Crippen LogP contribution in [0.15, 0.2) is 64.8 Å². The summed E-state index contributed by atoms with van der Waals surface area (Å²) in [5, 5.41) is 12.6. The summed E-state index contributed by atoms with van der Waals surface area (Å²) < 4.78 is 40.2. The summed E-state index contributed by atoms with van der Waals surface area (Å²) in [6.45, 7) is 1.52. The molecule has 1 aromatic carbocycles. The zero-order valence-corrected chi connectivity index (χ0v) is 24.1. The van der Waals surface area contributed by atoms with Crippen LogP contribution < -0.4 is 5.01 Å². The van der Waals surface area contributed by atoms with E-state index in [2.05, 4.69) is 4.98 Å². The van der Waals surface area contributed by atoms with Gasteiger partial charge >= 0.3 is 6.18 Å². The second-order valence-corrected chi connectivity index (χ2v) is 11.8. The maximum atomic E-state index is 14.0. The highest BCUT2D eigenvalue weighted by molar-refractivity contribution is 6.33. The van der Waals surface area contributed by atoms with E-state index in [9.17, 15) is 37.5 Å². The number of hydrazine groups is 1. The Balaban J connectivity index is 1.45. The van der Waals surface area contributed by atoms with E-state index >= 15 is 0 Å². The third-order valence-electron chi connectivity index (χ3n) is 8.57. The number of benzene rings is 1. The maximum absolute atomic E-state index is 14.0.